The third-order valence-electron chi connectivity index (χ3n) is 8.92. The number of aromatic nitrogens is 3. The number of phenolic OH excluding ortho intramolecular Hbond substituents is 1. The maximum Gasteiger partial charge on any atom is 0.148 e. The van der Waals surface area contributed by atoms with E-state index in [2.05, 4.69) is 72.8 Å². The van der Waals surface area contributed by atoms with E-state index in [0.717, 1.165) is 50.1 Å². The molecule has 5 nitrogen and oxygen atoms in total. The van der Waals surface area contributed by atoms with Crippen LogP contribution in [0.1, 0.15) is 58.6 Å². The number of hydrogen-bond donors (Lipinski definition) is 1. The molecule has 0 aliphatic carbocycles. The van der Waals surface area contributed by atoms with Crippen LogP contribution in [0.15, 0.2) is 121 Å². The van der Waals surface area contributed by atoms with Crippen molar-refractivity contribution in [1.82, 2.24) is 14.5 Å². The first-order chi connectivity index (χ1) is 23.9. The number of pyridine rings is 1. The van der Waals surface area contributed by atoms with E-state index in [4.69, 9.17) is 6.35 Å². The number of phenols is 1. The first-order valence-corrected chi connectivity index (χ1v) is 16.4. The molecule has 0 bridgehead atoms. The van der Waals surface area contributed by atoms with Gasteiger partial charge < -0.3 is 5.11 Å². The van der Waals surface area contributed by atoms with Crippen LogP contribution in [-0.2, 0) is 26.5 Å². The Hall–Kier alpha value is -5.30. The smallest absolute Gasteiger partial charge is 0.148 e. The molecule has 0 amide bonds. The van der Waals surface area contributed by atoms with Gasteiger partial charge in [0.05, 0.1) is 28.4 Å². The van der Waals surface area contributed by atoms with Crippen molar-refractivity contribution < 1.29 is 27.5 Å². The van der Waals surface area contributed by atoms with Crippen molar-refractivity contribution in [3.63, 3.8) is 0 Å². The Bertz CT molecular complexity index is 2430. The largest absolute Gasteiger partial charge is 0.507 e. The zero-order chi connectivity index (χ0) is 35.2. The molecule has 5 aromatic carbocycles. The Labute approximate surface area is 309 Å². The van der Waals surface area contributed by atoms with E-state index in [1.165, 1.54) is 0 Å². The minimum absolute atomic E-state index is 0. The van der Waals surface area contributed by atoms with Gasteiger partial charge in [0, 0.05) is 45.5 Å². The molecule has 2 heterocycles. The van der Waals surface area contributed by atoms with Gasteiger partial charge in [-0.3, -0.25) is 9.55 Å². The summed E-state index contributed by atoms with van der Waals surface area (Å²) in [7, 11) is 0. The van der Waals surface area contributed by atoms with E-state index in [9.17, 15) is 10.4 Å². The van der Waals surface area contributed by atoms with Crippen molar-refractivity contribution in [2.75, 3.05) is 0 Å². The molecule has 0 saturated heterocycles. The molecule has 0 spiro atoms. The molecule has 50 heavy (non-hydrogen) atoms. The van der Waals surface area contributed by atoms with Gasteiger partial charge in [-0.1, -0.05) is 119 Å². The van der Waals surface area contributed by atoms with Gasteiger partial charge >= 0.3 is 0 Å². The second-order valence-electron chi connectivity index (χ2n) is 13.5. The number of hydrogen-bond acceptors (Lipinski definition) is 4. The fraction of sp³-hybridized carbons (Fsp3) is 0.159. The van der Waals surface area contributed by atoms with Crippen LogP contribution in [0.3, 0.4) is 0 Å². The maximum atomic E-state index is 11.4. The standard InChI is InChI=1S/C44H37N4O.Pt/c1-28(2)31-23-32(25-33(24-31)38-22-29(27-45)20-21-46-38)36-15-11-17-40-42(36)47-43(37-26-34(44(3,4)5)18-19-41(37)49)48(40)39-16-10-9-14-35(39)30-12-7-6-8-13-30;/h6-24,26,28,49H,1-5H3;/q-1;/i28D;. The Morgan fingerprint density at radius 3 is 2.28 bits per heavy atom. The molecule has 7 aromatic rings. The number of rotatable bonds is 6. The van der Waals surface area contributed by atoms with Gasteiger partial charge in [0.2, 0.25) is 0 Å². The third-order valence-corrected chi connectivity index (χ3v) is 8.92. The zero-order valence-electron chi connectivity index (χ0n) is 29.6. The van der Waals surface area contributed by atoms with Crippen molar-refractivity contribution in [2.24, 2.45) is 0 Å². The summed E-state index contributed by atoms with van der Waals surface area (Å²) in [5.74, 6) is -0.166. The average molecular weight is 834 g/mol. The Morgan fingerprint density at radius 1 is 0.820 bits per heavy atom. The molecule has 6 heteroatoms. The predicted octanol–water partition coefficient (Wildman–Crippen LogP) is 10.9. The van der Waals surface area contributed by atoms with E-state index in [0.29, 0.717) is 28.2 Å². The van der Waals surface area contributed by atoms with Crippen LogP contribution in [0.2, 0.25) is 0 Å². The first kappa shape index (κ1) is 33.2. The maximum absolute atomic E-state index is 11.4. The summed E-state index contributed by atoms with van der Waals surface area (Å²) in [6, 6.07) is 43.5. The molecular weight excluding hydrogens is 796 g/mol. The second-order valence-corrected chi connectivity index (χ2v) is 13.5. The number of nitriles is 1. The predicted molar refractivity (Wildman–Crippen MR) is 199 cm³/mol. The number of nitrogens with zero attached hydrogens (tertiary/aromatic N) is 4. The molecule has 0 aliphatic rings. The van der Waals surface area contributed by atoms with Crippen LogP contribution < -0.4 is 0 Å². The first-order valence-electron chi connectivity index (χ1n) is 16.9. The molecule has 0 radical (unpaired) electrons. The number of para-hydroxylation sites is 2. The summed E-state index contributed by atoms with van der Waals surface area (Å²) < 4.78 is 11.1. The minimum Gasteiger partial charge on any atom is -0.507 e. The van der Waals surface area contributed by atoms with Crippen LogP contribution >= 0.6 is 0 Å². The number of aromatic hydroxyl groups is 1. The minimum atomic E-state index is -0.919. The zero-order valence-corrected chi connectivity index (χ0v) is 30.9. The molecule has 1 N–H and O–H groups in total. The molecule has 0 unspecified atom stereocenters. The molecule has 0 fully saturated rings. The SMILES string of the molecule is [2H]C(C)(C)c1cc(-c2cc(C#N)ccn2)[c-]c(-c2cccc3c2nc(-c2cc(C(C)(C)C)ccc2O)n3-c2ccccc2-c2ccccc2)c1.[Pt]. The van der Waals surface area contributed by atoms with Gasteiger partial charge in [0.15, 0.2) is 0 Å². The normalized spacial score (nSPS) is 11.9. The van der Waals surface area contributed by atoms with E-state index in [-0.39, 0.29) is 32.2 Å². The fourth-order valence-corrected chi connectivity index (χ4v) is 6.24. The van der Waals surface area contributed by atoms with Crippen LogP contribution in [0.4, 0.5) is 0 Å². The van der Waals surface area contributed by atoms with E-state index in [1.54, 1.807) is 24.4 Å². The van der Waals surface area contributed by atoms with Crippen LogP contribution in [0.5, 0.6) is 5.75 Å². The van der Waals surface area contributed by atoms with E-state index in [1.807, 2.05) is 80.6 Å². The van der Waals surface area contributed by atoms with Crippen molar-refractivity contribution in [3.05, 3.63) is 144 Å². The number of imidazole rings is 1. The molecule has 250 valence electrons. The summed E-state index contributed by atoms with van der Waals surface area (Å²) in [6.07, 6.45) is 1.62. The summed E-state index contributed by atoms with van der Waals surface area (Å²) >= 11 is 0. The van der Waals surface area contributed by atoms with Crippen molar-refractivity contribution in [2.45, 2.75) is 45.9 Å². The number of benzene rings is 5. The fourth-order valence-electron chi connectivity index (χ4n) is 6.24. The van der Waals surface area contributed by atoms with E-state index < -0.39 is 5.89 Å². The van der Waals surface area contributed by atoms with E-state index >= 15 is 0 Å². The summed E-state index contributed by atoms with van der Waals surface area (Å²) in [5.41, 5.74) is 10.3. The molecule has 7 rings (SSSR count). The van der Waals surface area contributed by atoms with Gasteiger partial charge in [0.25, 0.3) is 0 Å². The average Bonchev–Trinajstić information content (AvgIpc) is 3.50. The Morgan fingerprint density at radius 2 is 1.54 bits per heavy atom. The monoisotopic (exact) mass is 833 g/mol. The summed E-state index contributed by atoms with van der Waals surface area (Å²) in [4.78, 5) is 9.91. The van der Waals surface area contributed by atoms with Crippen LogP contribution in [-0.4, -0.2) is 19.6 Å². The van der Waals surface area contributed by atoms with Gasteiger partial charge in [0.1, 0.15) is 11.6 Å². The topological polar surface area (TPSA) is 74.7 Å². The molecular formula is C44H37N4OPt-. The van der Waals surface area contributed by atoms with Crippen molar-refractivity contribution in [3.8, 4) is 62.4 Å². The summed E-state index contributed by atoms with van der Waals surface area (Å²) in [5, 5.41) is 21.0. The third kappa shape index (κ3) is 6.52. The second kappa shape index (κ2) is 13.9. The van der Waals surface area contributed by atoms with Gasteiger partial charge in [-0.25, -0.2) is 4.98 Å². The quantitative estimate of drug-likeness (QED) is 0.169. The van der Waals surface area contributed by atoms with Gasteiger partial charge in [-0.2, -0.15) is 5.26 Å². The van der Waals surface area contributed by atoms with Gasteiger partial charge in [-0.05, 0) is 52.8 Å². The molecule has 0 atom stereocenters. The Kier molecular flexibility index (Phi) is 9.23. The molecule has 0 aliphatic heterocycles. The number of fused-ring (bicyclic) bond motifs is 1. The van der Waals surface area contributed by atoms with Crippen LogP contribution in [0, 0.1) is 17.4 Å². The Balaban J connectivity index is 0.00000448. The molecule has 2 aromatic heterocycles. The summed E-state index contributed by atoms with van der Waals surface area (Å²) in [6.45, 7) is 10.2. The van der Waals surface area contributed by atoms with Crippen LogP contribution in [0.25, 0.3) is 61.6 Å². The van der Waals surface area contributed by atoms with Gasteiger partial charge in [-0.15, -0.1) is 29.3 Å². The van der Waals surface area contributed by atoms with Crippen molar-refractivity contribution >= 4 is 11.0 Å². The molecule has 0 saturated carbocycles. The van der Waals surface area contributed by atoms with Crippen molar-refractivity contribution in [1.29, 1.82) is 5.26 Å².